The van der Waals surface area contributed by atoms with E-state index in [9.17, 15) is 5.11 Å². The predicted molar refractivity (Wildman–Crippen MR) is 191 cm³/mol. The van der Waals surface area contributed by atoms with Crippen LogP contribution in [0, 0.1) is 12.3 Å². The van der Waals surface area contributed by atoms with Crippen LogP contribution in [0.4, 0.5) is 0 Å². The highest BCUT2D eigenvalue weighted by Gasteiger charge is 2.34. The van der Waals surface area contributed by atoms with Crippen LogP contribution < -0.4 is 4.74 Å². The van der Waals surface area contributed by atoms with Crippen molar-refractivity contribution in [1.29, 1.82) is 0 Å². The molecule has 4 nitrogen and oxygen atoms in total. The zero-order chi connectivity index (χ0) is 34.0. The van der Waals surface area contributed by atoms with E-state index in [2.05, 4.69) is 139 Å². The van der Waals surface area contributed by atoms with Gasteiger partial charge >= 0.3 is 0 Å². The number of hydrogen-bond donors (Lipinski definition) is 1. The third-order valence-corrected chi connectivity index (χ3v) is 9.99. The summed E-state index contributed by atoms with van der Waals surface area (Å²) in [5, 5.41) is 11.0. The van der Waals surface area contributed by atoms with Crippen LogP contribution in [0.5, 0.6) is 5.75 Å². The zero-order valence-corrected chi connectivity index (χ0v) is 32.2. The SMILES string of the molecule is Cc1cc(C(O)C(C)(C)C)ccc1-c1cccc(OCc2ccc(C(C)(C)O[Si]C(C)(C)C)c(C(C)(C)O[Si]C(C)(C)C)c2)c1. The Labute approximate surface area is 279 Å². The third-order valence-electron chi connectivity index (χ3n) is 7.54. The summed E-state index contributed by atoms with van der Waals surface area (Å²) in [6.45, 7) is 30.6. The first-order chi connectivity index (χ1) is 20.5. The normalized spacial score (nSPS) is 14.0. The zero-order valence-electron chi connectivity index (χ0n) is 30.2. The van der Waals surface area contributed by atoms with Crippen LogP contribution in [-0.4, -0.2) is 24.6 Å². The van der Waals surface area contributed by atoms with Crippen molar-refractivity contribution in [1.82, 2.24) is 0 Å². The van der Waals surface area contributed by atoms with Crippen molar-refractivity contribution in [2.75, 3.05) is 0 Å². The quantitative estimate of drug-likeness (QED) is 0.211. The molecule has 0 saturated heterocycles. The van der Waals surface area contributed by atoms with Crippen LogP contribution >= 0.6 is 0 Å². The first-order valence-electron chi connectivity index (χ1n) is 16.0. The lowest BCUT2D eigenvalue weighted by atomic mass is 9.83. The standard InChI is InChI=1S/C39H56O4Si2/c1-26-22-29(34(40)35(2,3)4)19-20-31(26)28-16-15-17-30(24-28)41-25-27-18-21-32(38(11,12)42-44-36(5,6)7)33(23-27)39(13,14)43-45-37(8,9)10/h15-24,34,40H,25H2,1-14H3. The number of hydrogen-bond acceptors (Lipinski definition) is 4. The number of aliphatic hydroxyl groups excluding tert-OH is 1. The van der Waals surface area contributed by atoms with Gasteiger partial charge in [0.2, 0.25) is 19.5 Å². The van der Waals surface area contributed by atoms with E-state index in [0.717, 1.165) is 44.7 Å². The van der Waals surface area contributed by atoms with Crippen LogP contribution in [0.1, 0.15) is 124 Å². The number of aryl methyl sites for hydroxylation is 1. The summed E-state index contributed by atoms with van der Waals surface area (Å²) in [6, 6.07) is 21.1. The van der Waals surface area contributed by atoms with E-state index in [1.807, 2.05) is 18.2 Å². The number of benzene rings is 3. The van der Waals surface area contributed by atoms with Gasteiger partial charge in [0.15, 0.2) is 0 Å². The molecule has 0 aromatic heterocycles. The Balaban J connectivity index is 1.89. The van der Waals surface area contributed by atoms with Crippen LogP contribution in [-0.2, 0) is 26.7 Å². The first kappa shape index (κ1) is 37.2. The van der Waals surface area contributed by atoms with Crippen molar-refractivity contribution >= 4 is 19.5 Å². The van der Waals surface area contributed by atoms with Crippen LogP contribution in [0.15, 0.2) is 60.7 Å². The van der Waals surface area contributed by atoms with Crippen molar-refractivity contribution < 1.29 is 18.7 Å². The molecule has 1 N–H and O–H groups in total. The molecule has 3 aromatic carbocycles. The van der Waals surface area contributed by atoms with Crippen molar-refractivity contribution in [3.05, 3.63) is 88.5 Å². The van der Waals surface area contributed by atoms with E-state index in [1.165, 1.54) is 0 Å². The van der Waals surface area contributed by atoms with E-state index >= 15 is 0 Å². The molecule has 0 heterocycles. The molecule has 3 aromatic rings. The topological polar surface area (TPSA) is 47.9 Å². The minimum Gasteiger partial charge on any atom is -0.489 e. The van der Waals surface area contributed by atoms with Gasteiger partial charge in [0.1, 0.15) is 12.4 Å². The Hall–Kier alpha value is -2.23. The maximum Gasteiger partial charge on any atom is 0.236 e. The van der Waals surface area contributed by atoms with Crippen LogP contribution in [0.25, 0.3) is 11.1 Å². The van der Waals surface area contributed by atoms with E-state index in [-0.39, 0.29) is 15.5 Å². The molecule has 0 spiro atoms. The highest BCUT2D eigenvalue weighted by molar-refractivity contribution is 6.32. The van der Waals surface area contributed by atoms with Gasteiger partial charge in [0, 0.05) is 0 Å². The Morgan fingerprint density at radius 1 is 0.667 bits per heavy atom. The van der Waals surface area contributed by atoms with Crippen molar-refractivity contribution in [3.8, 4) is 16.9 Å². The smallest absolute Gasteiger partial charge is 0.236 e. The van der Waals surface area contributed by atoms with Crippen LogP contribution in [0.3, 0.4) is 0 Å². The fourth-order valence-electron chi connectivity index (χ4n) is 4.98. The number of rotatable bonds is 11. The summed E-state index contributed by atoms with van der Waals surface area (Å²) in [7, 11) is 0.732. The van der Waals surface area contributed by atoms with E-state index in [1.54, 1.807) is 0 Å². The van der Waals surface area contributed by atoms with Crippen molar-refractivity contribution in [3.63, 3.8) is 0 Å². The lowest BCUT2D eigenvalue weighted by Crippen LogP contribution is -2.34. The van der Waals surface area contributed by atoms with Gasteiger partial charge in [-0.1, -0.05) is 105 Å². The molecule has 0 fully saturated rings. The lowest BCUT2D eigenvalue weighted by Gasteiger charge is -2.37. The summed E-state index contributed by atoms with van der Waals surface area (Å²) >= 11 is 0. The maximum absolute atomic E-state index is 10.8. The van der Waals surface area contributed by atoms with Gasteiger partial charge in [0.25, 0.3) is 0 Å². The molecule has 244 valence electrons. The Morgan fingerprint density at radius 2 is 1.24 bits per heavy atom. The molecule has 1 atom stereocenters. The fraction of sp³-hybridized carbons (Fsp3) is 0.538. The molecule has 3 rings (SSSR count). The molecule has 6 heteroatoms. The van der Waals surface area contributed by atoms with Gasteiger partial charge in [-0.25, -0.2) is 0 Å². The molecule has 0 bridgehead atoms. The van der Waals surface area contributed by atoms with Gasteiger partial charge in [0.05, 0.1) is 17.3 Å². The number of ether oxygens (including phenoxy) is 1. The summed E-state index contributed by atoms with van der Waals surface area (Å²) in [5.74, 6) is 0.816. The molecular formula is C39H56O4Si2. The first-order valence-corrected chi connectivity index (χ1v) is 17.9. The van der Waals surface area contributed by atoms with Crippen molar-refractivity contribution in [2.24, 2.45) is 5.41 Å². The van der Waals surface area contributed by atoms with Gasteiger partial charge in [-0.05, 0) is 107 Å². The van der Waals surface area contributed by atoms with Gasteiger partial charge in [-0.15, -0.1) is 0 Å². The highest BCUT2D eigenvalue weighted by Crippen LogP contribution is 2.39. The largest absolute Gasteiger partial charge is 0.489 e. The summed E-state index contributed by atoms with van der Waals surface area (Å²) in [6.07, 6.45) is -0.517. The highest BCUT2D eigenvalue weighted by atomic mass is 28.2. The third kappa shape index (κ3) is 10.6. The molecule has 0 aliphatic heterocycles. The van der Waals surface area contributed by atoms with Gasteiger partial charge < -0.3 is 18.7 Å². The Kier molecular flexibility index (Phi) is 11.5. The van der Waals surface area contributed by atoms with E-state index < -0.39 is 17.3 Å². The maximum atomic E-state index is 10.8. The van der Waals surface area contributed by atoms with Gasteiger partial charge in [-0.2, -0.15) is 0 Å². The van der Waals surface area contributed by atoms with Gasteiger partial charge in [-0.3, -0.25) is 0 Å². The van der Waals surface area contributed by atoms with E-state index in [4.69, 9.17) is 13.6 Å². The molecule has 4 radical (unpaired) electrons. The van der Waals surface area contributed by atoms with Crippen molar-refractivity contribution in [2.45, 2.75) is 131 Å². The summed E-state index contributed by atoms with van der Waals surface area (Å²) in [4.78, 5) is 0. The monoisotopic (exact) mass is 644 g/mol. The second-order valence-electron chi connectivity index (χ2n) is 16.5. The molecule has 0 aliphatic carbocycles. The fourth-order valence-corrected chi connectivity index (χ4v) is 6.32. The average molecular weight is 645 g/mol. The lowest BCUT2D eigenvalue weighted by molar-refractivity contribution is 0.0626. The minimum absolute atomic E-state index is 0.0773. The number of aliphatic hydroxyl groups is 1. The second kappa shape index (κ2) is 13.9. The molecule has 0 amide bonds. The summed E-state index contributed by atoms with van der Waals surface area (Å²) < 4.78 is 19.6. The average Bonchev–Trinajstić information content (AvgIpc) is 2.92. The molecule has 45 heavy (non-hydrogen) atoms. The van der Waals surface area contributed by atoms with E-state index in [0.29, 0.717) is 26.1 Å². The molecule has 1 unspecified atom stereocenters. The Morgan fingerprint density at radius 3 is 1.78 bits per heavy atom. The summed E-state index contributed by atoms with van der Waals surface area (Å²) in [5.41, 5.74) is 6.45. The Bertz CT molecular complexity index is 1440. The predicted octanol–water partition coefficient (Wildman–Crippen LogP) is 10.5. The van der Waals surface area contributed by atoms with Crippen LogP contribution in [0.2, 0.25) is 10.1 Å². The molecule has 0 aliphatic rings. The minimum atomic E-state index is -0.517. The molecular weight excluding hydrogens is 589 g/mol. The second-order valence-corrected chi connectivity index (χ2v) is 20.3. The molecule has 0 saturated carbocycles.